The maximum Gasteiger partial charge on any atom is 0.338 e. The molecule has 1 fully saturated rings. The standard InChI is InChI=1S/C25H22N2O6/c1-15(28)16-6-4-8-18(12-16)26-22(29)14-33-25(32)17-7-5-9-19(13-17)27-23(30)20-10-2-3-11-21(20)24(27)31/h2-9,12-13,20-21H,10-11,14H2,1H3,(H,26,29)/t20-,21+. The summed E-state index contributed by atoms with van der Waals surface area (Å²) in [5.41, 5.74) is 1.28. The van der Waals surface area contributed by atoms with E-state index < -0.39 is 18.5 Å². The highest BCUT2D eigenvalue weighted by molar-refractivity contribution is 6.22. The molecule has 8 nitrogen and oxygen atoms in total. The first-order valence-corrected chi connectivity index (χ1v) is 10.6. The molecule has 3 amide bonds. The number of hydrogen-bond acceptors (Lipinski definition) is 6. The number of amides is 3. The van der Waals surface area contributed by atoms with Crippen LogP contribution in [-0.2, 0) is 19.1 Å². The van der Waals surface area contributed by atoms with Crippen LogP contribution in [0.25, 0.3) is 0 Å². The van der Waals surface area contributed by atoms with E-state index in [2.05, 4.69) is 5.32 Å². The van der Waals surface area contributed by atoms with Crippen molar-refractivity contribution in [2.75, 3.05) is 16.8 Å². The molecule has 2 aliphatic rings. The first kappa shape index (κ1) is 22.1. The van der Waals surface area contributed by atoms with Gasteiger partial charge in [0, 0.05) is 11.3 Å². The number of anilines is 2. The molecule has 2 aromatic rings. The molecule has 1 N–H and O–H groups in total. The van der Waals surface area contributed by atoms with Crippen molar-refractivity contribution in [1.82, 2.24) is 0 Å². The molecule has 4 rings (SSSR count). The van der Waals surface area contributed by atoms with Gasteiger partial charge < -0.3 is 10.1 Å². The molecule has 1 aliphatic carbocycles. The Balaban J connectivity index is 1.40. The van der Waals surface area contributed by atoms with Gasteiger partial charge in [-0.2, -0.15) is 0 Å². The van der Waals surface area contributed by atoms with Gasteiger partial charge in [0.05, 0.1) is 23.1 Å². The number of nitrogens with one attached hydrogen (secondary N) is 1. The lowest BCUT2D eigenvalue weighted by molar-refractivity contribution is -0.122. The van der Waals surface area contributed by atoms with E-state index >= 15 is 0 Å². The average Bonchev–Trinajstić information content (AvgIpc) is 3.08. The smallest absolute Gasteiger partial charge is 0.338 e. The quantitative estimate of drug-likeness (QED) is 0.316. The number of fused-ring (bicyclic) bond motifs is 1. The highest BCUT2D eigenvalue weighted by atomic mass is 16.5. The molecule has 8 heteroatoms. The fourth-order valence-electron chi connectivity index (χ4n) is 4.05. The van der Waals surface area contributed by atoms with Gasteiger partial charge >= 0.3 is 5.97 Å². The van der Waals surface area contributed by atoms with Crippen LogP contribution in [-0.4, -0.2) is 36.1 Å². The van der Waals surface area contributed by atoms with Crippen LogP contribution >= 0.6 is 0 Å². The van der Waals surface area contributed by atoms with Crippen molar-refractivity contribution in [2.24, 2.45) is 11.8 Å². The number of imide groups is 1. The number of Topliss-reactive ketones (excluding diaryl/α,β-unsaturated/α-hetero) is 1. The summed E-state index contributed by atoms with van der Waals surface area (Å²) in [7, 11) is 0. The Labute approximate surface area is 190 Å². The van der Waals surface area contributed by atoms with Crippen LogP contribution in [0.3, 0.4) is 0 Å². The number of carbonyl (C=O) groups excluding carboxylic acids is 5. The fourth-order valence-corrected chi connectivity index (χ4v) is 4.05. The minimum Gasteiger partial charge on any atom is -0.452 e. The summed E-state index contributed by atoms with van der Waals surface area (Å²) >= 11 is 0. The average molecular weight is 446 g/mol. The molecule has 0 bridgehead atoms. The van der Waals surface area contributed by atoms with E-state index in [4.69, 9.17) is 4.74 Å². The Morgan fingerprint density at radius 1 is 0.939 bits per heavy atom. The third-order valence-electron chi connectivity index (χ3n) is 5.73. The number of allylic oxidation sites excluding steroid dienone is 2. The summed E-state index contributed by atoms with van der Waals surface area (Å²) in [4.78, 5) is 62.8. The molecule has 1 heterocycles. The lowest BCUT2D eigenvalue weighted by atomic mass is 9.85. The van der Waals surface area contributed by atoms with E-state index in [9.17, 15) is 24.0 Å². The second-order valence-corrected chi connectivity index (χ2v) is 7.98. The van der Waals surface area contributed by atoms with Crippen LogP contribution in [0.1, 0.15) is 40.5 Å². The Bertz CT molecular complexity index is 1160. The number of esters is 1. The van der Waals surface area contributed by atoms with Crippen LogP contribution < -0.4 is 10.2 Å². The number of nitrogens with zero attached hydrogens (tertiary/aromatic N) is 1. The zero-order valence-corrected chi connectivity index (χ0v) is 17.9. The van der Waals surface area contributed by atoms with Gasteiger partial charge in [0.2, 0.25) is 11.8 Å². The molecular weight excluding hydrogens is 424 g/mol. The molecule has 0 aromatic heterocycles. The molecule has 2 atom stereocenters. The van der Waals surface area contributed by atoms with E-state index in [0.29, 0.717) is 29.8 Å². The van der Waals surface area contributed by atoms with Gasteiger partial charge in [-0.05, 0) is 50.1 Å². The van der Waals surface area contributed by atoms with Crippen molar-refractivity contribution in [3.8, 4) is 0 Å². The Morgan fingerprint density at radius 3 is 2.24 bits per heavy atom. The summed E-state index contributed by atoms with van der Waals surface area (Å²) in [6.07, 6.45) is 4.87. The highest BCUT2D eigenvalue weighted by Crippen LogP contribution is 2.37. The number of benzene rings is 2. The van der Waals surface area contributed by atoms with Gasteiger partial charge in [0.15, 0.2) is 12.4 Å². The Hall–Kier alpha value is -4.07. The van der Waals surface area contributed by atoms with E-state index in [1.165, 1.54) is 25.1 Å². The predicted molar refractivity (Wildman–Crippen MR) is 120 cm³/mol. The van der Waals surface area contributed by atoms with Crippen molar-refractivity contribution in [3.05, 3.63) is 71.8 Å². The second kappa shape index (κ2) is 9.20. The number of ether oxygens (including phenoxy) is 1. The highest BCUT2D eigenvalue weighted by Gasteiger charge is 2.47. The lowest BCUT2D eigenvalue weighted by Crippen LogP contribution is -2.31. The van der Waals surface area contributed by atoms with Gasteiger partial charge in [-0.1, -0.05) is 30.4 Å². The molecule has 0 unspecified atom stereocenters. The van der Waals surface area contributed by atoms with E-state index in [0.717, 1.165) is 4.90 Å². The number of ketones is 1. The summed E-state index contributed by atoms with van der Waals surface area (Å²) in [6, 6.07) is 12.5. The first-order valence-electron chi connectivity index (χ1n) is 10.6. The molecule has 33 heavy (non-hydrogen) atoms. The van der Waals surface area contributed by atoms with Crippen molar-refractivity contribution in [1.29, 1.82) is 0 Å². The minimum atomic E-state index is -0.761. The SMILES string of the molecule is CC(=O)c1cccc(NC(=O)COC(=O)c2cccc(N3C(=O)[C@H]4CC=CC[C@H]4C3=O)c2)c1. The van der Waals surface area contributed by atoms with Gasteiger partial charge in [-0.25, -0.2) is 4.79 Å². The number of rotatable bonds is 6. The monoisotopic (exact) mass is 446 g/mol. The molecule has 0 radical (unpaired) electrons. The first-order chi connectivity index (χ1) is 15.8. The molecule has 2 aromatic carbocycles. The summed E-state index contributed by atoms with van der Waals surface area (Å²) in [6.45, 7) is 0.885. The van der Waals surface area contributed by atoms with Crippen molar-refractivity contribution in [2.45, 2.75) is 19.8 Å². The third kappa shape index (κ3) is 4.59. The Kier molecular flexibility index (Phi) is 6.17. The largest absolute Gasteiger partial charge is 0.452 e. The van der Waals surface area contributed by atoms with Crippen LogP contribution in [0.5, 0.6) is 0 Å². The van der Waals surface area contributed by atoms with Crippen LogP contribution in [0, 0.1) is 11.8 Å². The van der Waals surface area contributed by atoms with Crippen LogP contribution in [0.4, 0.5) is 11.4 Å². The van der Waals surface area contributed by atoms with E-state index in [-0.39, 0.29) is 35.0 Å². The fraction of sp³-hybridized carbons (Fsp3) is 0.240. The maximum absolute atomic E-state index is 12.8. The number of hydrogen-bond donors (Lipinski definition) is 1. The third-order valence-corrected chi connectivity index (χ3v) is 5.73. The van der Waals surface area contributed by atoms with Crippen molar-refractivity contribution >= 4 is 40.8 Å². The molecular formula is C25H22N2O6. The zero-order chi connectivity index (χ0) is 23.5. The van der Waals surface area contributed by atoms with Gasteiger partial charge in [0.1, 0.15) is 0 Å². The van der Waals surface area contributed by atoms with E-state index in [1.54, 1.807) is 30.3 Å². The molecule has 0 spiro atoms. The van der Waals surface area contributed by atoms with Gasteiger partial charge in [-0.3, -0.25) is 24.1 Å². The number of carbonyl (C=O) groups is 5. The maximum atomic E-state index is 12.8. The van der Waals surface area contributed by atoms with Crippen LogP contribution in [0.2, 0.25) is 0 Å². The second-order valence-electron chi connectivity index (χ2n) is 7.98. The van der Waals surface area contributed by atoms with Crippen molar-refractivity contribution < 1.29 is 28.7 Å². The van der Waals surface area contributed by atoms with Gasteiger partial charge in [-0.15, -0.1) is 0 Å². The minimum absolute atomic E-state index is 0.118. The molecule has 1 aliphatic heterocycles. The van der Waals surface area contributed by atoms with Crippen LogP contribution in [0.15, 0.2) is 60.7 Å². The summed E-state index contributed by atoms with van der Waals surface area (Å²) in [5, 5.41) is 2.57. The predicted octanol–water partition coefficient (Wildman–Crippen LogP) is 3.14. The lowest BCUT2D eigenvalue weighted by Gasteiger charge is -2.15. The van der Waals surface area contributed by atoms with E-state index in [1.807, 2.05) is 12.2 Å². The van der Waals surface area contributed by atoms with Crippen molar-refractivity contribution in [3.63, 3.8) is 0 Å². The Morgan fingerprint density at radius 2 is 1.58 bits per heavy atom. The summed E-state index contributed by atoms with van der Waals surface area (Å²) in [5.74, 6) is -2.75. The summed E-state index contributed by atoms with van der Waals surface area (Å²) < 4.78 is 5.09. The molecule has 168 valence electrons. The molecule has 1 saturated heterocycles. The zero-order valence-electron chi connectivity index (χ0n) is 17.9. The van der Waals surface area contributed by atoms with Gasteiger partial charge in [0.25, 0.3) is 5.91 Å². The molecule has 0 saturated carbocycles. The normalized spacial score (nSPS) is 19.2. The topological polar surface area (TPSA) is 110 Å².